The Hall–Kier alpha value is -0.120. The van der Waals surface area contributed by atoms with Gasteiger partial charge in [-0.2, -0.15) is 0 Å². The standard InChI is InChI=1S/C13H27NO2/c1-3-4-5-13(11-15-2)14-10-12-6-8-16-9-7-12/h12-14H,3-11H2,1-2H3. The summed E-state index contributed by atoms with van der Waals surface area (Å²) in [5.74, 6) is 0.801. The second-order valence-electron chi connectivity index (χ2n) is 4.76. The van der Waals surface area contributed by atoms with Crippen molar-refractivity contribution in [2.45, 2.75) is 45.1 Å². The first-order chi connectivity index (χ1) is 7.86. The summed E-state index contributed by atoms with van der Waals surface area (Å²) in [5, 5.41) is 3.64. The van der Waals surface area contributed by atoms with Gasteiger partial charge in [-0.05, 0) is 31.7 Å². The van der Waals surface area contributed by atoms with Gasteiger partial charge in [0.1, 0.15) is 0 Å². The summed E-state index contributed by atoms with van der Waals surface area (Å²) >= 11 is 0. The number of hydrogen-bond donors (Lipinski definition) is 1. The van der Waals surface area contributed by atoms with Gasteiger partial charge in [0.25, 0.3) is 0 Å². The van der Waals surface area contributed by atoms with Crippen molar-refractivity contribution in [1.82, 2.24) is 5.32 Å². The minimum absolute atomic E-state index is 0.535. The molecule has 1 atom stereocenters. The van der Waals surface area contributed by atoms with Gasteiger partial charge >= 0.3 is 0 Å². The van der Waals surface area contributed by atoms with Crippen molar-refractivity contribution >= 4 is 0 Å². The summed E-state index contributed by atoms with van der Waals surface area (Å²) in [6, 6.07) is 0.535. The molecule has 0 aromatic heterocycles. The fourth-order valence-electron chi connectivity index (χ4n) is 2.18. The van der Waals surface area contributed by atoms with E-state index in [0.717, 1.165) is 32.3 Å². The average Bonchev–Trinajstić information content (AvgIpc) is 2.34. The Morgan fingerprint density at radius 2 is 2.12 bits per heavy atom. The van der Waals surface area contributed by atoms with Gasteiger partial charge < -0.3 is 14.8 Å². The molecule has 0 radical (unpaired) electrons. The van der Waals surface area contributed by atoms with Crippen LogP contribution in [0.2, 0.25) is 0 Å². The summed E-state index contributed by atoms with van der Waals surface area (Å²) in [5.41, 5.74) is 0. The second kappa shape index (κ2) is 8.97. The molecule has 1 rings (SSSR count). The molecule has 96 valence electrons. The van der Waals surface area contributed by atoms with Crippen molar-refractivity contribution in [3.8, 4) is 0 Å². The molecule has 0 saturated carbocycles. The Labute approximate surface area is 99.9 Å². The summed E-state index contributed by atoms with van der Waals surface area (Å²) < 4.78 is 10.6. The lowest BCUT2D eigenvalue weighted by molar-refractivity contribution is 0.0635. The summed E-state index contributed by atoms with van der Waals surface area (Å²) in [7, 11) is 1.79. The number of unbranched alkanes of at least 4 members (excludes halogenated alkanes) is 1. The van der Waals surface area contributed by atoms with Gasteiger partial charge in [-0.1, -0.05) is 19.8 Å². The molecule has 1 aliphatic heterocycles. The Morgan fingerprint density at radius 3 is 2.75 bits per heavy atom. The van der Waals surface area contributed by atoms with E-state index >= 15 is 0 Å². The smallest absolute Gasteiger partial charge is 0.0615 e. The van der Waals surface area contributed by atoms with Crippen LogP contribution in [0.5, 0.6) is 0 Å². The second-order valence-corrected chi connectivity index (χ2v) is 4.76. The number of methoxy groups -OCH3 is 1. The summed E-state index contributed by atoms with van der Waals surface area (Å²) in [6.07, 6.45) is 6.20. The molecule has 1 N–H and O–H groups in total. The zero-order chi connectivity index (χ0) is 11.6. The first kappa shape index (κ1) is 13.9. The molecular weight excluding hydrogens is 202 g/mol. The molecule has 1 saturated heterocycles. The highest BCUT2D eigenvalue weighted by molar-refractivity contribution is 4.71. The average molecular weight is 229 g/mol. The van der Waals surface area contributed by atoms with Crippen LogP contribution in [0.1, 0.15) is 39.0 Å². The maximum absolute atomic E-state index is 5.37. The van der Waals surface area contributed by atoms with Crippen molar-refractivity contribution in [2.24, 2.45) is 5.92 Å². The van der Waals surface area contributed by atoms with Crippen molar-refractivity contribution in [3.05, 3.63) is 0 Å². The fourth-order valence-corrected chi connectivity index (χ4v) is 2.18. The van der Waals surface area contributed by atoms with Gasteiger partial charge in [-0.25, -0.2) is 0 Å². The molecule has 16 heavy (non-hydrogen) atoms. The fraction of sp³-hybridized carbons (Fsp3) is 1.00. The number of nitrogens with one attached hydrogen (secondary N) is 1. The van der Waals surface area contributed by atoms with Crippen LogP contribution in [0.25, 0.3) is 0 Å². The normalized spacial score (nSPS) is 19.9. The monoisotopic (exact) mass is 229 g/mol. The highest BCUT2D eigenvalue weighted by Gasteiger charge is 2.15. The van der Waals surface area contributed by atoms with E-state index in [2.05, 4.69) is 12.2 Å². The maximum atomic E-state index is 5.37. The Morgan fingerprint density at radius 1 is 1.38 bits per heavy atom. The predicted molar refractivity (Wildman–Crippen MR) is 66.7 cm³/mol. The van der Waals surface area contributed by atoms with Crippen LogP contribution < -0.4 is 5.32 Å². The van der Waals surface area contributed by atoms with E-state index in [0.29, 0.717) is 6.04 Å². The van der Waals surface area contributed by atoms with Crippen LogP contribution in [0.3, 0.4) is 0 Å². The molecule has 3 nitrogen and oxygen atoms in total. The Kier molecular flexibility index (Phi) is 7.81. The van der Waals surface area contributed by atoms with Crippen LogP contribution in [0.4, 0.5) is 0 Å². The van der Waals surface area contributed by atoms with E-state index in [1.165, 1.54) is 32.1 Å². The Balaban J connectivity index is 2.14. The third-order valence-corrected chi connectivity index (χ3v) is 3.31. The van der Waals surface area contributed by atoms with Crippen LogP contribution in [0, 0.1) is 5.92 Å². The maximum Gasteiger partial charge on any atom is 0.0615 e. The number of rotatable bonds is 8. The van der Waals surface area contributed by atoms with Crippen molar-refractivity contribution in [3.63, 3.8) is 0 Å². The molecule has 0 amide bonds. The summed E-state index contributed by atoms with van der Waals surface area (Å²) in [6.45, 7) is 6.08. The van der Waals surface area contributed by atoms with E-state index in [9.17, 15) is 0 Å². The van der Waals surface area contributed by atoms with Gasteiger partial charge in [0.15, 0.2) is 0 Å². The first-order valence-electron chi connectivity index (χ1n) is 6.66. The summed E-state index contributed by atoms with van der Waals surface area (Å²) in [4.78, 5) is 0. The highest BCUT2D eigenvalue weighted by Crippen LogP contribution is 2.14. The van der Waals surface area contributed by atoms with Crippen LogP contribution in [-0.4, -0.2) is 39.5 Å². The van der Waals surface area contributed by atoms with Gasteiger partial charge in [0.2, 0.25) is 0 Å². The zero-order valence-electron chi connectivity index (χ0n) is 10.8. The lowest BCUT2D eigenvalue weighted by Crippen LogP contribution is -2.38. The number of hydrogen-bond acceptors (Lipinski definition) is 3. The van der Waals surface area contributed by atoms with Crippen LogP contribution >= 0.6 is 0 Å². The van der Waals surface area contributed by atoms with Crippen LogP contribution in [0.15, 0.2) is 0 Å². The minimum atomic E-state index is 0.535. The first-order valence-corrected chi connectivity index (χ1v) is 6.66. The third kappa shape index (κ3) is 5.83. The molecule has 0 bridgehead atoms. The minimum Gasteiger partial charge on any atom is -0.383 e. The van der Waals surface area contributed by atoms with E-state index in [1.807, 2.05) is 0 Å². The zero-order valence-corrected chi connectivity index (χ0v) is 10.8. The van der Waals surface area contributed by atoms with Gasteiger partial charge in [-0.15, -0.1) is 0 Å². The van der Waals surface area contributed by atoms with E-state index in [4.69, 9.17) is 9.47 Å². The van der Waals surface area contributed by atoms with Crippen molar-refractivity contribution in [2.75, 3.05) is 33.5 Å². The molecule has 1 aliphatic rings. The van der Waals surface area contributed by atoms with Crippen molar-refractivity contribution in [1.29, 1.82) is 0 Å². The largest absolute Gasteiger partial charge is 0.383 e. The molecule has 0 aromatic rings. The van der Waals surface area contributed by atoms with Gasteiger partial charge in [-0.3, -0.25) is 0 Å². The third-order valence-electron chi connectivity index (χ3n) is 3.31. The quantitative estimate of drug-likeness (QED) is 0.692. The Bertz CT molecular complexity index is 158. The lowest BCUT2D eigenvalue weighted by Gasteiger charge is -2.25. The molecule has 1 heterocycles. The molecular formula is C13H27NO2. The lowest BCUT2D eigenvalue weighted by atomic mass is 9.99. The molecule has 3 heteroatoms. The topological polar surface area (TPSA) is 30.5 Å². The molecule has 0 aromatic carbocycles. The SMILES string of the molecule is CCCCC(COC)NCC1CCOCC1. The van der Waals surface area contributed by atoms with Crippen molar-refractivity contribution < 1.29 is 9.47 Å². The van der Waals surface area contributed by atoms with Gasteiger partial charge in [0, 0.05) is 26.4 Å². The molecule has 0 aliphatic carbocycles. The van der Waals surface area contributed by atoms with E-state index in [-0.39, 0.29) is 0 Å². The van der Waals surface area contributed by atoms with E-state index < -0.39 is 0 Å². The molecule has 1 unspecified atom stereocenters. The molecule has 0 spiro atoms. The number of ether oxygens (including phenoxy) is 2. The molecule has 1 fully saturated rings. The highest BCUT2D eigenvalue weighted by atomic mass is 16.5. The van der Waals surface area contributed by atoms with E-state index in [1.54, 1.807) is 7.11 Å². The predicted octanol–water partition coefficient (Wildman–Crippen LogP) is 2.21. The van der Waals surface area contributed by atoms with Gasteiger partial charge in [0.05, 0.1) is 6.61 Å². The van der Waals surface area contributed by atoms with Crippen LogP contribution in [-0.2, 0) is 9.47 Å².